The van der Waals surface area contributed by atoms with Gasteiger partial charge in [-0.25, -0.2) is 0 Å². The van der Waals surface area contributed by atoms with Crippen LogP contribution in [0.3, 0.4) is 0 Å². The molecule has 1 spiro atoms. The maximum Gasteiger partial charge on any atom is 0.0741 e. The number of hydrogen-bond donors (Lipinski definition) is 1. The van der Waals surface area contributed by atoms with Crippen LogP contribution in [0.15, 0.2) is 18.2 Å². The van der Waals surface area contributed by atoms with Crippen molar-refractivity contribution >= 4 is 0 Å². The summed E-state index contributed by atoms with van der Waals surface area (Å²) in [5.41, 5.74) is 2.27. The van der Waals surface area contributed by atoms with Gasteiger partial charge in [-0.3, -0.25) is 4.98 Å². The van der Waals surface area contributed by atoms with Crippen molar-refractivity contribution < 1.29 is 9.47 Å². The highest BCUT2D eigenvalue weighted by Crippen LogP contribution is 2.34. The molecular formula is C16H24N2O2. The molecule has 3 rings (SSSR count). The van der Waals surface area contributed by atoms with Crippen molar-refractivity contribution in [2.45, 2.75) is 50.8 Å². The Morgan fingerprint density at radius 2 is 2.15 bits per heavy atom. The van der Waals surface area contributed by atoms with E-state index in [0.29, 0.717) is 6.04 Å². The predicted molar refractivity (Wildman–Crippen MR) is 77.6 cm³/mol. The summed E-state index contributed by atoms with van der Waals surface area (Å²) in [5.74, 6) is 0. The fourth-order valence-corrected chi connectivity index (χ4v) is 3.24. The average Bonchev–Trinajstić information content (AvgIpc) is 2.46. The van der Waals surface area contributed by atoms with Crippen molar-refractivity contribution in [3.63, 3.8) is 0 Å². The van der Waals surface area contributed by atoms with E-state index >= 15 is 0 Å². The van der Waals surface area contributed by atoms with Crippen LogP contribution >= 0.6 is 0 Å². The lowest BCUT2D eigenvalue weighted by molar-refractivity contribution is -0.140. The Morgan fingerprint density at radius 1 is 1.30 bits per heavy atom. The van der Waals surface area contributed by atoms with Crippen LogP contribution in [-0.2, 0) is 16.0 Å². The van der Waals surface area contributed by atoms with E-state index in [1.807, 2.05) is 13.0 Å². The van der Waals surface area contributed by atoms with Crippen LogP contribution in [0.4, 0.5) is 0 Å². The summed E-state index contributed by atoms with van der Waals surface area (Å²) >= 11 is 0. The number of rotatable bonds is 3. The third kappa shape index (κ3) is 3.37. The molecule has 0 aromatic carbocycles. The molecule has 20 heavy (non-hydrogen) atoms. The van der Waals surface area contributed by atoms with Gasteiger partial charge in [-0.15, -0.1) is 0 Å². The number of pyridine rings is 1. The first-order valence-corrected chi connectivity index (χ1v) is 7.63. The fourth-order valence-electron chi connectivity index (χ4n) is 3.24. The molecule has 0 aliphatic carbocycles. The van der Waals surface area contributed by atoms with Gasteiger partial charge in [0.2, 0.25) is 0 Å². The summed E-state index contributed by atoms with van der Waals surface area (Å²) in [6, 6.07) is 6.73. The Morgan fingerprint density at radius 3 is 2.95 bits per heavy atom. The van der Waals surface area contributed by atoms with Crippen LogP contribution in [0.1, 0.15) is 37.1 Å². The van der Waals surface area contributed by atoms with Gasteiger partial charge < -0.3 is 14.8 Å². The zero-order valence-corrected chi connectivity index (χ0v) is 12.2. The Hall–Kier alpha value is -0.970. The molecular weight excluding hydrogens is 252 g/mol. The molecule has 1 atom stereocenters. The smallest absolute Gasteiger partial charge is 0.0741 e. The number of nitrogens with zero attached hydrogens (tertiary/aromatic N) is 1. The highest BCUT2D eigenvalue weighted by Gasteiger charge is 2.38. The largest absolute Gasteiger partial charge is 0.381 e. The first-order chi connectivity index (χ1) is 9.76. The van der Waals surface area contributed by atoms with Gasteiger partial charge in [0, 0.05) is 38.1 Å². The van der Waals surface area contributed by atoms with Crippen molar-refractivity contribution in [3.8, 4) is 0 Å². The third-order valence-corrected chi connectivity index (χ3v) is 4.41. The van der Waals surface area contributed by atoms with Gasteiger partial charge in [0.05, 0.1) is 11.3 Å². The van der Waals surface area contributed by atoms with E-state index in [-0.39, 0.29) is 5.60 Å². The minimum absolute atomic E-state index is 0.0637. The molecule has 2 aliphatic heterocycles. The summed E-state index contributed by atoms with van der Waals surface area (Å²) in [7, 11) is 0. The van der Waals surface area contributed by atoms with Crippen LogP contribution in [0, 0.1) is 6.92 Å². The third-order valence-electron chi connectivity index (χ3n) is 4.41. The van der Waals surface area contributed by atoms with E-state index in [4.69, 9.17) is 9.47 Å². The molecule has 2 saturated heterocycles. The summed E-state index contributed by atoms with van der Waals surface area (Å²) in [6.07, 6.45) is 4.26. The Labute approximate surface area is 120 Å². The molecule has 0 amide bonds. The van der Waals surface area contributed by atoms with Crippen molar-refractivity contribution in [2.24, 2.45) is 0 Å². The maximum absolute atomic E-state index is 6.07. The van der Waals surface area contributed by atoms with E-state index in [2.05, 4.69) is 22.4 Å². The molecule has 4 nitrogen and oxygen atoms in total. The van der Waals surface area contributed by atoms with E-state index in [9.17, 15) is 0 Å². The van der Waals surface area contributed by atoms with Crippen molar-refractivity contribution in [2.75, 3.05) is 19.8 Å². The molecule has 1 aromatic heterocycles. The van der Waals surface area contributed by atoms with Crippen molar-refractivity contribution in [1.82, 2.24) is 10.3 Å². The molecule has 2 fully saturated rings. The second kappa shape index (κ2) is 6.20. The van der Waals surface area contributed by atoms with Gasteiger partial charge in [0.25, 0.3) is 0 Å². The standard InChI is InChI=1S/C16H24N2O2/c1-13-3-2-4-15(18-13)12-17-14-5-8-20-16(11-14)6-9-19-10-7-16/h2-4,14,17H,5-12H2,1H3. The van der Waals surface area contributed by atoms with E-state index in [0.717, 1.165) is 63.4 Å². The SMILES string of the molecule is Cc1cccc(CNC2CCOC3(CCOCC3)C2)n1. The van der Waals surface area contributed by atoms with Gasteiger partial charge in [-0.05, 0) is 44.7 Å². The first kappa shape index (κ1) is 14.0. The Balaban J connectivity index is 1.55. The summed E-state index contributed by atoms with van der Waals surface area (Å²) < 4.78 is 11.5. The molecule has 1 N–H and O–H groups in total. The number of hydrogen-bond acceptors (Lipinski definition) is 4. The molecule has 2 aliphatic rings. The van der Waals surface area contributed by atoms with Gasteiger partial charge in [0.1, 0.15) is 0 Å². The summed E-state index contributed by atoms with van der Waals surface area (Å²) in [6.45, 7) is 5.42. The number of nitrogens with one attached hydrogen (secondary N) is 1. The molecule has 110 valence electrons. The van der Waals surface area contributed by atoms with Crippen molar-refractivity contribution in [1.29, 1.82) is 0 Å². The topological polar surface area (TPSA) is 43.4 Å². The first-order valence-electron chi connectivity index (χ1n) is 7.63. The quantitative estimate of drug-likeness (QED) is 0.919. The average molecular weight is 276 g/mol. The Kier molecular flexibility index (Phi) is 4.34. The summed E-state index contributed by atoms with van der Waals surface area (Å²) in [5, 5.41) is 3.65. The van der Waals surface area contributed by atoms with E-state index in [1.54, 1.807) is 0 Å². The lowest BCUT2D eigenvalue weighted by atomic mass is 9.84. The number of aryl methyl sites for hydroxylation is 1. The molecule has 3 heterocycles. The lowest BCUT2D eigenvalue weighted by Gasteiger charge is -2.43. The molecule has 0 saturated carbocycles. The fraction of sp³-hybridized carbons (Fsp3) is 0.688. The maximum atomic E-state index is 6.07. The monoisotopic (exact) mass is 276 g/mol. The zero-order valence-electron chi connectivity index (χ0n) is 12.2. The predicted octanol–water partition coefficient (Wildman–Crippen LogP) is 2.21. The molecule has 1 aromatic rings. The van der Waals surface area contributed by atoms with Gasteiger partial charge in [-0.1, -0.05) is 6.07 Å². The van der Waals surface area contributed by atoms with Gasteiger partial charge >= 0.3 is 0 Å². The normalized spacial score (nSPS) is 25.8. The number of ether oxygens (including phenoxy) is 2. The molecule has 0 bridgehead atoms. The zero-order chi connectivity index (χ0) is 13.8. The Bertz CT molecular complexity index is 438. The van der Waals surface area contributed by atoms with Crippen LogP contribution in [0.5, 0.6) is 0 Å². The van der Waals surface area contributed by atoms with Gasteiger partial charge in [0.15, 0.2) is 0 Å². The second-order valence-corrected chi connectivity index (χ2v) is 5.98. The molecule has 1 unspecified atom stereocenters. The minimum Gasteiger partial charge on any atom is -0.381 e. The molecule has 0 radical (unpaired) electrons. The van der Waals surface area contributed by atoms with Crippen LogP contribution < -0.4 is 5.32 Å². The highest BCUT2D eigenvalue weighted by molar-refractivity contribution is 5.09. The lowest BCUT2D eigenvalue weighted by Crippen LogP contribution is -2.49. The summed E-state index contributed by atoms with van der Waals surface area (Å²) in [4.78, 5) is 4.55. The van der Waals surface area contributed by atoms with Crippen LogP contribution in [0.25, 0.3) is 0 Å². The number of aromatic nitrogens is 1. The molecule has 4 heteroatoms. The van der Waals surface area contributed by atoms with Crippen LogP contribution in [0.2, 0.25) is 0 Å². The van der Waals surface area contributed by atoms with E-state index < -0.39 is 0 Å². The highest BCUT2D eigenvalue weighted by atomic mass is 16.5. The minimum atomic E-state index is 0.0637. The van der Waals surface area contributed by atoms with Gasteiger partial charge in [-0.2, -0.15) is 0 Å². The van der Waals surface area contributed by atoms with E-state index in [1.165, 1.54) is 0 Å². The second-order valence-electron chi connectivity index (χ2n) is 5.98. The van der Waals surface area contributed by atoms with Crippen molar-refractivity contribution in [3.05, 3.63) is 29.6 Å². The van der Waals surface area contributed by atoms with Crippen LogP contribution in [-0.4, -0.2) is 36.4 Å².